The molecule has 1 rings (SSSR count). The molecule has 16 heavy (non-hydrogen) atoms. The van der Waals surface area contributed by atoms with E-state index in [9.17, 15) is 9.59 Å². The Balaban J connectivity index is 2.99. The minimum Gasteiger partial charge on any atom is -0.478 e. The van der Waals surface area contributed by atoms with Crippen LogP contribution in [0.1, 0.15) is 16.8 Å². The number of hydrogen-bond acceptors (Lipinski definition) is 2. The molecule has 84 valence electrons. The molecule has 0 radical (unpaired) electrons. The van der Waals surface area contributed by atoms with E-state index < -0.39 is 5.97 Å². The molecule has 5 heteroatoms. The second kappa shape index (κ2) is 5.46. The zero-order valence-electron chi connectivity index (χ0n) is 8.37. The molecule has 0 aliphatic heterocycles. The lowest BCUT2D eigenvalue weighted by Gasteiger charge is -2.07. The molecule has 0 bridgehead atoms. The molecule has 1 aromatic rings. The van der Waals surface area contributed by atoms with E-state index in [2.05, 4.69) is 27.8 Å². The first-order valence-corrected chi connectivity index (χ1v) is 5.27. The molecule has 0 aliphatic rings. The van der Waals surface area contributed by atoms with Crippen molar-refractivity contribution in [2.45, 2.75) is 6.42 Å². The van der Waals surface area contributed by atoms with E-state index in [1.807, 2.05) is 0 Å². The lowest BCUT2D eigenvalue weighted by atomic mass is 10.2. The molecule has 0 atom stereocenters. The summed E-state index contributed by atoms with van der Waals surface area (Å²) in [4.78, 5) is 22.2. The number of nitrogens with one attached hydrogen (secondary N) is 1. The van der Waals surface area contributed by atoms with Crippen molar-refractivity contribution in [2.75, 3.05) is 5.32 Å². The van der Waals surface area contributed by atoms with E-state index in [4.69, 9.17) is 5.11 Å². The number of hydrogen-bond donors (Lipinski definition) is 2. The van der Waals surface area contributed by atoms with Gasteiger partial charge in [-0.2, -0.15) is 0 Å². The van der Waals surface area contributed by atoms with Gasteiger partial charge in [-0.3, -0.25) is 4.79 Å². The van der Waals surface area contributed by atoms with E-state index in [1.54, 1.807) is 6.07 Å². The lowest BCUT2D eigenvalue weighted by Crippen LogP contribution is -2.13. The van der Waals surface area contributed by atoms with Gasteiger partial charge in [0.2, 0.25) is 5.91 Å². The van der Waals surface area contributed by atoms with Crippen molar-refractivity contribution in [1.29, 1.82) is 0 Å². The van der Waals surface area contributed by atoms with Crippen molar-refractivity contribution in [3.63, 3.8) is 0 Å². The number of carboxylic acids is 1. The molecule has 0 fully saturated rings. The highest BCUT2D eigenvalue weighted by Crippen LogP contribution is 2.21. The Morgan fingerprint density at radius 2 is 2.19 bits per heavy atom. The van der Waals surface area contributed by atoms with Crippen LogP contribution in [-0.2, 0) is 4.79 Å². The van der Waals surface area contributed by atoms with E-state index in [1.165, 1.54) is 18.2 Å². The highest BCUT2D eigenvalue weighted by atomic mass is 79.9. The molecule has 0 saturated carbocycles. The summed E-state index contributed by atoms with van der Waals surface area (Å²) >= 11 is 3.17. The maximum Gasteiger partial charge on any atom is 0.337 e. The summed E-state index contributed by atoms with van der Waals surface area (Å²) in [7, 11) is 0. The van der Waals surface area contributed by atoms with Crippen LogP contribution < -0.4 is 5.32 Å². The molecule has 0 aliphatic carbocycles. The van der Waals surface area contributed by atoms with Gasteiger partial charge in [-0.05, 0) is 18.2 Å². The SMILES string of the molecule is C=CCC(=O)Nc1ccc(Br)cc1C(=O)O. The summed E-state index contributed by atoms with van der Waals surface area (Å²) < 4.78 is 0.645. The maximum atomic E-state index is 11.3. The first-order chi connectivity index (χ1) is 7.54. The predicted molar refractivity (Wildman–Crippen MR) is 64.5 cm³/mol. The number of carbonyl (C=O) groups excluding carboxylic acids is 1. The Morgan fingerprint density at radius 1 is 1.50 bits per heavy atom. The van der Waals surface area contributed by atoms with Crippen LogP contribution in [0.2, 0.25) is 0 Å². The number of amides is 1. The van der Waals surface area contributed by atoms with Crippen LogP contribution in [-0.4, -0.2) is 17.0 Å². The van der Waals surface area contributed by atoms with Gasteiger partial charge in [0.25, 0.3) is 0 Å². The minimum absolute atomic E-state index is 0.0480. The Labute approximate surface area is 101 Å². The Hall–Kier alpha value is -1.62. The van der Waals surface area contributed by atoms with Crippen molar-refractivity contribution in [3.8, 4) is 0 Å². The van der Waals surface area contributed by atoms with Crippen molar-refractivity contribution in [2.24, 2.45) is 0 Å². The van der Waals surface area contributed by atoms with E-state index in [-0.39, 0.29) is 23.6 Å². The zero-order chi connectivity index (χ0) is 12.1. The third-order valence-corrected chi connectivity index (χ3v) is 2.31. The number of rotatable bonds is 4. The predicted octanol–water partition coefficient (Wildman–Crippen LogP) is 2.66. The maximum absolute atomic E-state index is 11.3. The van der Waals surface area contributed by atoms with E-state index in [0.717, 1.165) is 0 Å². The molecule has 2 N–H and O–H groups in total. The van der Waals surface area contributed by atoms with Crippen LogP contribution in [0, 0.1) is 0 Å². The topological polar surface area (TPSA) is 66.4 Å². The highest BCUT2D eigenvalue weighted by Gasteiger charge is 2.12. The quantitative estimate of drug-likeness (QED) is 0.835. The summed E-state index contributed by atoms with van der Waals surface area (Å²) in [5.74, 6) is -1.38. The van der Waals surface area contributed by atoms with Crippen molar-refractivity contribution < 1.29 is 14.7 Å². The second-order valence-electron chi connectivity index (χ2n) is 3.04. The van der Waals surface area contributed by atoms with Crippen LogP contribution in [0.4, 0.5) is 5.69 Å². The molecule has 1 amide bonds. The average Bonchev–Trinajstić information content (AvgIpc) is 2.20. The van der Waals surface area contributed by atoms with Crippen molar-refractivity contribution >= 4 is 33.5 Å². The van der Waals surface area contributed by atoms with Gasteiger partial charge in [-0.1, -0.05) is 22.0 Å². The largest absolute Gasteiger partial charge is 0.478 e. The lowest BCUT2D eigenvalue weighted by molar-refractivity contribution is -0.115. The third kappa shape index (κ3) is 3.20. The van der Waals surface area contributed by atoms with Crippen molar-refractivity contribution in [1.82, 2.24) is 0 Å². The molecule has 0 saturated heterocycles. The Kier molecular flexibility index (Phi) is 4.25. The second-order valence-corrected chi connectivity index (χ2v) is 3.95. The van der Waals surface area contributed by atoms with Gasteiger partial charge in [0, 0.05) is 10.9 Å². The van der Waals surface area contributed by atoms with Crippen molar-refractivity contribution in [3.05, 3.63) is 40.9 Å². The van der Waals surface area contributed by atoms with Crippen LogP contribution in [0.25, 0.3) is 0 Å². The number of aromatic carboxylic acids is 1. The molecule has 0 aromatic heterocycles. The van der Waals surface area contributed by atoms with Crippen LogP contribution in [0.3, 0.4) is 0 Å². The molecule has 0 spiro atoms. The number of anilines is 1. The van der Waals surface area contributed by atoms with Crippen LogP contribution >= 0.6 is 15.9 Å². The molecular weight excluding hydrogens is 274 g/mol. The fourth-order valence-corrected chi connectivity index (χ4v) is 1.50. The average molecular weight is 284 g/mol. The zero-order valence-corrected chi connectivity index (χ0v) is 9.95. The first-order valence-electron chi connectivity index (χ1n) is 4.48. The van der Waals surface area contributed by atoms with E-state index >= 15 is 0 Å². The molecular formula is C11H10BrNO3. The van der Waals surface area contributed by atoms with Gasteiger partial charge < -0.3 is 10.4 Å². The van der Waals surface area contributed by atoms with Gasteiger partial charge in [0.05, 0.1) is 11.3 Å². The molecule has 0 unspecified atom stereocenters. The smallest absolute Gasteiger partial charge is 0.337 e. The van der Waals surface area contributed by atoms with Gasteiger partial charge in [-0.25, -0.2) is 4.79 Å². The number of benzene rings is 1. The minimum atomic E-state index is -1.09. The molecule has 1 aromatic carbocycles. The Morgan fingerprint density at radius 3 is 2.75 bits per heavy atom. The summed E-state index contributed by atoms with van der Waals surface area (Å²) in [6.07, 6.45) is 1.60. The summed E-state index contributed by atoms with van der Waals surface area (Å²) in [6.45, 7) is 3.43. The van der Waals surface area contributed by atoms with Gasteiger partial charge >= 0.3 is 5.97 Å². The summed E-state index contributed by atoms with van der Waals surface area (Å²) in [5, 5.41) is 11.4. The first kappa shape index (κ1) is 12.4. The number of halogens is 1. The monoisotopic (exact) mass is 283 g/mol. The summed E-state index contributed by atoms with van der Waals surface area (Å²) in [6, 6.07) is 4.64. The van der Waals surface area contributed by atoms with Gasteiger partial charge in [0.1, 0.15) is 0 Å². The fourth-order valence-electron chi connectivity index (χ4n) is 1.13. The standard InChI is InChI=1S/C11H10BrNO3/c1-2-3-10(14)13-9-5-4-7(12)6-8(9)11(15)16/h2,4-6H,1,3H2,(H,13,14)(H,15,16). The van der Waals surface area contributed by atoms with Crippen LogP contribution in [0.15, 0.2) is 35.3 Å². The highest BCUT2D eigenvalue weighted by molar-refractivity contribution is 9.10. The molecule has 0 heterocycles. The van der Waals surface area contributed by atoms with Crippen LogP contribution in [0.5, 0.6) is 0 Å². The Bertz CT molecular complexity index is 443. The van der Waals surface area contributed by atoms with Gasteiger partial charge in [-0.15, -0.1) is 6.58 Å². The number of carbonyl (C=O) groups is 2. The normalized spacial score (nSPS) is 9.56. The van der Waals surface area contributed by atoms with E-state index in [0.29, 0.717) is 4.47 Å². The molecule has 4 nitrogen and oxygen atoms in total. The third-order valence-electron chi connectivity index (χ3n) is 1.82. The van der Waals surface area contributed by atoms with Gasteiger partial charge in [0.15, 0.2) is 0 Å². The fraction of sp³-hybridized carbons (Fsp3) is 0.0909. The summed E-state index contributed by atoms with van der Waals surface area (Å²) in [5.41, 5.74) is 0.328. The number of carboxylic acid groups (broad SMARTS) is 1.